The van der Waals surface area contributed by atoms with Crippen molar-refractivity contribution in [2.24, 2.45) is 5.92 Å². The molecule has 19 heavy (non-hydrogen) atoms. The van der Waals surface area contributed by atoms with E-state index in [0.717, 1.165) is 47.6 Å². The fourth-order valence-corrected chi connectivity index (χ4v) is 2.00. The van der Waals surface area contributed by atoms with Crippen LogP contribution in [0, 0.1) is 19.8 Å². The van der Waals surface area contributed by atoms with Gasteiger partial charge in [0, 0.05) is 19.6 Å². The van der Waals surface area contributed by atoms with Gasteiger partial charge in [0.25, 0.3) is 0 Å². The van der Waals surface area contributed by atoms with Gasteiger partial charge in [-0.2, -0.15) is 5.10 Å². The first-order valence-corrected chi connectivity index (χ1v) is 7.41. The topological polar surface area (TPSA) is 41.9 Å². The molecule has 0 atom stereocenters. The van der Waals surface area contributed by atoms with Crippen molar-refractivity contribution in [2.75, 3.05) is 13.1 Å². The zero-order chi connectivity index (χ0) is 14.4. The molecule has 1 rings (SSSR count). The van der Waals surface area contributed by atoms with Crippen molar-refractivity contribution in [3.8, 4) is 0 Å². The Hall–Kier alpha value is -0.810. The lowest BCUT2D eigenvalue weighted by Crippen LogP contribution is -2.37. The molecule has 2 N–H and O–H groups in total. The number of nitrogens with one attached hydrogen (secondary N) is 2. The highest BCUT2D eigenvalue weighted by molar-refractivity contribution is 7.80. The van der Waals surface area contributed by atoms with Crippen LogP contribution in [0.2, 0.25) is 5.02 Å². The van der Waals surface area contributed by atoms with E-state index in [1.165, 1.54) is 0 Å². The molecule has 0 amide bonds. The van der Waals surface area contributed by atoms with E-state index < -0.39 is 0 Å². The number of hydrogen-bond donors (Lipinski definition) is 2. The third kappa shape index (κ3) is 5.37. The van der Waals surface area contributed by atoms with Gasteiger partial charge in [-0.15, -0.1) is 0 Å². The van der Waals surface area contributed by atoms with Crippen LogP contribution < -0.4 is 10.6 Å². The van der Waals surface area contributed by atoms with Crippen molar-refractivity contribution in [3.05, 3.63) is 16.4 Å². The molecule has 6 heteroatoms. The Bertz CT molecular complexity index is 429. The minimum Gasteiger partial charge on any atom is -0.363 e. The molecule has 0 saturated heterocycles. The van der Waals surface area contributed by atoms with Gasteiger partial charge in [0.1, 0.15) is 0 Å². The molecule has 1 heterocycles. The number of rotatable bonds is 6. The lowest BCUT2D eigenvalue weighted by Gasteiger charge is -2.12. The lowest BCUT2D eigenvalue weighted by molar-refractivity contribution is 0.554. The summed E-state index contributed by atoms with van der Waals surface area (Å²) in [4.78, 5) is 0. The largest absolute Gasteiger partial charge is 0.363 e. The first kappa shape index (κ1) is 16.2. The summed E-state index contributed by atoms with van der Waals surface area (Å²) in [7, 11) is 0. The Labute approximate surface area is 125 Å². The van der Waals surface area contributed by atoms with Crippen LogP contribution in [-0.2, 0) is 6.54 Å². The first-order valence-electron chi connectivity index (χ1n) is 6.63. The standard InChI is InChI=1S/C13H23ClN4S/c1-9(2)8-16-13(19)15-6-5-7-18-11(4)12(14)10(3)17-18/h9H,5-8H2,1-4H3,(H2,15,16,19). The van der Waals surface area contributed by atoms with Crippen LogP contribution >= 0.6 is 23.8 Å². The lowest BCUT2D eigenvalue weighted by atomic mass is 10.2. The molecule has 1 aromatic rings. The van der Waals surface area contributed by atoms with Gasteiger partial charge in [-0.05, 0) is 38.4 Å². The Morgan fingerprint density at radius 3 is 2.58 bits per heavy atom. The zero-order valence-corrected chi connectivity index (χ0v) is 13.7. The third-order valence-electron chi connectivity index (χ3n) is 2.80. The third-order valence-corrected chi connectivity index (χ3v) is 3.63. The molecular weight excluding hydrogens is 280 g/mol. The van der Waals surface area contributed by atoms with E-state index in [-0.39, 0.29) is 0 Å². The predicted octanol–water partition coefficient (Wildman–Crippen LogP) is 2.66. The normalized spacial score (nSPS) is 10.8. The number of aryl methyl sites for hydroxylation is 2. The average Bonchev–Trinajstić information content (AvgIpc) is 2.60. The Kier molecular flexibility index (Phi) is 6.58. The summed E-state index contributed by atoms with van der Waals surface area (Å²) >= 11 is 11.3. The van der Waals surface area contributed by atoms with Gasteiger partial charge < -0.3 is 10.6 Å². The van der Waals surface area contributed by atoms with Gasteiger partial charge in [-0.3, -0.25) is 4.68 Å². The second-order valence-corrected chi connectivity index (χ2v) is 5.88. The van der Waals surface area contributed by atoms with Crippen molar-refractivity contribution in [2.45, 2.75) is 40.7 Å². The fraction of sp³-hybridized carbons (Fsp3) is 0.692. The summed E-state index contributed by atoms with van der Waals surface area (Å²) in [6.45, 7) is 10.8. The van der Waals surface area contributed by atoms with Crippen LogP contribution in [0.3, 0.4) is 0 Å². The van der Waals surface area contributed by atoms with Gasteiger partial charge in [-0.1, -0.05) is 25.4 Å². The number of aromatic nitrogens is 2. The SMILES string of the molecule is Cc1nn(CCCNC(=S)NCC(C)C)c(C)c1Cl. The van der Waals surface area contributed by atoms with E-state index in [4.69, 9.17) is 23.8 Å². The first-order chi connectivity index (χ1) is 8.91. The highest BCUT2D eigenvalue weighted by Crippen LogP contribution is 2.18. The van der Waals surface area contributed by atoms with Gasteiger partial charge >= 0.3 is 0 Å². The monoisotopic (exact) mass is 302 g/mol. The maximum Gasteiger partial charge on any atom is 0.166 e. The summed E-state index contributed by atoms with van der Waals surface area (Å²) < 4.78 is 1.95. The van der Waals surface area contributed by atoms with Gasteiger partial charge in [0.2, 0.25) is 0 Å². The molecule has 0 saturated carbocycles. The number of hydrogen-bond acceptors (Lipinski definition) is 2. The molecular formula is C13H23ClN4S. The summed E-state index contributed by atoms with van der Waals surface area (Å²) in [6, 6.07) is 0. The molecule has 0 aliphatic heterocycles. The molecule has 0 radical (unpaired) electrons. The smallest absolute Gasteiger partial charge is 0.166 e. The maximum atomic E-state index is 6.10. The molecule has 4 nitrogen and oxygen atoms in total. The molecule has 0 bridgehead atoms. The molecule has 0 unspecified atom stereocenters. The second kappa shape index (κ2) is 7.70. The van der Waals surface area contributed by atoms with Crippen molar-refractivity contribution < 1.29 is 0 Å². The minimum absolute atomic E-state index is 0.594. The minimum atomic E-state index is 0.594. The second-order valence-electron chi connectivity index (χ2n) is 5.09. The number of halogens is 1. The Balaban J connectivity index is 2.24. The van der Waals surface area contributed by atoms with Crippen LogP contribution in [0.5, 0.6) is 0 Å². The predicted molar refractivity (Wildman–Crippen MR) is 84.8 cm³/mol. The summed E-state index contributed by atoms with van der Waals surface area (Å²) in [6.07, 6.45) is 0.960. The van der Waals surface area contributed by atoms with Crippen LogP contribution in [0.25, 0.3) is 0 Å². The van der Waals surface area contributed by atoms with Gasteiger partial charge in [-0.25, -0.2) is 0 Å². The Morgan fingerprint density at radius 2 is 2.05 bits per heavy atom. The van der Waals surface area contributed by atoms with E-state index in [0.29, 0.717) is 5.92 Å². The molecule has 0 aromatic carbocycles. The van der Waals surface area contributed by atoms with Crippen LogP contribution in [0.1, 0.15) is 31.7 Å². The van der Waals surface area contributed by atoms with Crippen molar-refractivity contribution in [1.82, 2.24) is 20.4 Å². The quantitative estimate of drug-likeness (QED) is 0.626. The maximum absolute atomic E-state index is 6.10. The molecule has 0 aliphatic carbocycles. The number of thiocarbonyl (C=S) groups is 1. The Morgan fingerprint density at radius 1 is 1.37 bits per heavy atom. The van der Waals surface area contributed by atoms with Crippen LogP contribution in [0.4, 0.5) is 0 Å². The highest BCUT2D eigenvalue weighted by atomic mass is 35.5. The summed E-state index contributed by atoms with van der Waals surface area (Å²) in [5.74, 6) is 0.594. The van der Waals surface area contributed by atoms with E-state index in [1.54, 1.807) is 0 Å². The molecule has 1 aromatic heterocycles. The van der Waals surface area contributed by atoms with E-state index >= 15 is 0 Å². The molecule has 0 aliphatic rings. The van der Waals surface area contributed by atoms with Crippen molar-refractivity contribution in [1.29, 1.82) is 0 Å². The zero-order valence-electron chi connectivity index (χ0n) is 12.1. The highest BCUT2D eigenvalue weighted by Gasteiger charge is 2.08. The van der Waals surface area contributed by atoms with Gasteiger partial charge in [0.15, 0.2) is 5.11 Å². The summed E-state index contributed by atoms with van der Waals surface area (Å²) in [5.41, 5.74) is 1.92. The number of nitrogens with zero attached hydrogens (tertiary/aromatic N) is 2. The van der Waals surface area contributed by atoms with E-state index in [9.17, 15) is 0 Å². The molecule has 0 spiro atoms. The van der Waals surface area contributed by atoms with Crippen LogP contribution in [0.15, 0.2) is 0 Å². The molecule has 0 fully saturated rings. The molecule has 108 valence electrons. The van der Waals surface area contributed by atoms with Crippen LogP contribution in [-0.4, -0.2) is 28.0 Å². The van der Waals surface area contributed by atoms with E-state index in [1.807, 2.05) is 18.5 Å². The van der Waals surface area contributed by atoms with E-state index in [2.05, 4.69) is 29.6 Å². The van der Waals surface area contributed by atoms with Crippen molar-refractivity contribution >= 4 is 28.9 Å². The van der Waals surface area contributed by atoms with Crippen molar-refractivity contribution in [3.63, 3.8) is 0 Å². The fourth-order valence-electron chi connectivity index (χ4n) is 1.68. The average molecular weight is 303 g/mol. The summed E-state index contributed by atoms with van der Waals surface area (Å²) in [5, 5.41) is 12.3. The van der Waals surface area contributed by atoms with Gasteiger partial charge in [0.05, 0.1) is 16.4 Å².